The molecule has 1 aliphatic heterocycles. The SMILES string of the molecule is CC1CN(c2nc(C(C)C)c(C=O)s2)CC(C)O1. The van der Waals surface area contributed by atoms with Crippen LogP contribution in [0.1, 0.15) is 49.0 Å². The van der Waals surface area contributed by atoms with E-state index in [-0.39, 0.29) is 18.1 Å². The largest absolute Gasteiger partial charge is 0.372 e. The quantitative estimate of drug-likeness (QED) is 0.790. The molecule has 4 nitrogen and oxygen atoms in total. The molecule has 0 spiro atoms. The number of aromatic nitrogens is 1. The lowest BCUT2D eigenvalue weighted by Crippen LogP contribution is -2.45. The molecule has 2 heterocycles. The average Bonchev–Trinajstić information content (AvgIpc) is 2.71. The number of anilines is 1. The molecule has 2 rings (SSSR count). The molecule has 1 fully saturated rings. The van der Waals surface area contributed by atoms with E-state index in [4.69, 9.17) is 4.74 Å². The lowest BCUT2D eigenvalue weighted by atomic mass is 10.1. The van der Waals surface area contributed by atoms with Crippen molar-refractivity contribution in [3.05, 3.63) is 10.6 Å². The van der Waals surface area contributed by atoms with Gasteiger partial charge in [-0.05, 0) is 19.8 Å². The minimum Gasteiger partial charge on any atom is -0.372 e. The number of thiazole rings is 1. The molecule has 18 heavy (non-hydrogen) atoms. The summed E-state index contributed by atoms with van der Waals surface area (Å²) in [5.74, 6) is 0.283. The summed E-state index contributed by atoms with van der Waals surface area (Å²) in [5, 5.41) is 0.947. The minimum atomic E-state index is 0.208. The van der Waals surface area contributed by atoms with Crippen molar-refractivity contribution in [1.82, 2.24) is 4.98 Å². The van der Waals surface area contributed by atoms with Gasteiger partial charge in [-0.2, -0.15) is 0 Å². The first-order valence-electron chi connectivity index (χ1n) is 6.37. The third-order valence-electron chi connectivity index (χ3n) is 3.01. The number of morpholine rings is 1. The van der Waals surface area contributed by atoms with Crippen molar-refractivity contribution in [2.45, 2.75) is 45.8 Å². The Kier molecular flexibility index (Phi) is 4.02. The van der Waals surface area contributed by atoms with Crippen LogP contribution in [0.2, 0.25) is 0 Å². The van der Waals surface area contributed by atoms with E-state index >= 15 is 0 Å². The van der Waals surface area contributed by atoms with Crippen molar-refractivity contribution < 1.29 is 9.53 Å². The van der Waals surface area contributed by atoms with Gasteiger partial charge in [0.1, 0.15) is 0 Å². The molecule has 1 aromatic rings. The molecule has 0 bridgehead atoms. The van der Waals surface area contributed by atoms with E-state index < -0.39 is 0 Å². The molecule has 0 aliphatic carbocycles. The molecule has 1 aromatic heterocycles. The van der Waals surface area contributed by atoms with Crippen LogP contribution in [0.15, 0.2) is 0 Å². The Balaban J connectivity index is 2.25. The van der Waals surface area contributed by atoms with Crippen LogP contribution in [0.25, 0.3) is 0 Å². The summed E-state index contributed by atoms with van der Waals surface area (Å²) in [6.07, 6.45) is 1.34. The highest BCUT2D eigenvalue weighted by Gasteiger charge is 2.25. The van der Waals surface area contributed by atoms with Crippen LogP contribution in [0.3, 0.4) is 0 Å². The van der Waals surface area contributed by atoms with Gasteiger partial charge in [0.15, 0.2) is 11.4 Å². The molecule has 0 N–H and O–H groups in total. The van der Waals surface area contributed by atoms with Crippen LogP contribution in [0.5, 0.6) is 0 Å². The Morgan fingerprint density at radius 2 is 2.00 bits per heavy atom. The first-order valence-corrected chi connectivity index (χ1v) is 7.19. The molecule has 0 amide bonds. The smallest absolute Gasteiger partial charge is 0.186 e. The third kappa shape index (κ3) is 2.72. The molecule has 0 radical (unpaired) electrons. The lowest BCUT2D eigenvalue weighted by Gasteiger charge is -2.35. The molecular formula is C13H20N2O2S. The van der Waals surface area contributed by atoms with Crippen LogP contribution < -0.4 is 4.90 Å². The first kappa shape index (κ1) is 13.5. The second-order valence-electron chi connectivity index (χ2n) is 5.18. The monoisotopic (exact) mass is 268 g/mol. The zero-order valence-electron chi connectivity index (χ0n) is 11.3. The van der Waals surface area contributed by atoms with Gasteiger partial charge in [0.2, 0.25) is 0 Å². The zero-order chi connectivity index (χ0) is 13.3. The lowest BCUT2D eigenvalue weighted by molar-refractivity contribution is -0.00523. The zero-order valence-corrected chi connectivity index (χ0v) is 12.2. The molecule has 2 unspecified atom stereocenters. The van der Waals surface area contributed by atoms with E-state index in [1.54, 1.807) is 0 Å². The van der Waals surface area contributed by atoms with E-state index in [1.807, 2.05) is 0 Å². The fourth-order valence-corrected chi connectivity index (χ4v) is 3.35. The number of aldehydes is 1. The van der Waals surface area contributed by atoms with E-state index in [1.165, 1.54) is 11.3 Å². The number of carbonyl (C=O) groups excluding carboxylic acids is 1. The number of hydrogen-bond donors (Lipinski definition) is 0. The van der Waals surface area contributed by atoms with Gasteiger partial charge in [-0.15, -0.1) is 0 Å². The summed E-state index contributed by atoms with van der Waals surface area (Å²) in [6, 6.07) is 0. The van der Waals surface area contributed by atoms with Crippen molar-refractivity contribution in [3.63, 3.8) is 0 Å². The highest BCUT2D eigenvalue weighted by molar-refractivity contribution is 7.17. The summed E-state index contributed by atoms with van der Waals surface area (Å²) >= 11 is 1.49. The topological polar surface area (TPSA) is 42.4 Å². The van der Waals surface area contributed by atoms with E-state index in [0.29, 0.717) is 0 Å². The van der Waals surface area contributed by atoms with Gasteiger partial charge in [0, 0.05) is 13.1 Å². The van der Waals surface area contributed by atoms with E-state index in [9.17, 15) is 4.79 Å². The Hall–Kier alpha value is -0.940. The van der Waals surface area contributed by atoms with Crippen molar-refractivity contribution in [2.24, 2.45) is 0 Å². The van der Waals surface area contributed by atoms with Crippen LogP contribution >= 0.6 is 11.3 Å². The van der Waals surface area contributed by atoms with Crippen molar-refractivity contribution in [2.75, 3.05) is 18.0 Å². The first-order chi connectivity index (χ1) is 8.51. The second-order valence-corrected chi connectivity index (χ2v) is 6.19. The van der Waals surface area contributed by atoms with Gasteiger partial charge in [-0.3, -0.25) is 4.79 Å². The van der Waals surface area contributed by atoms with Gasteiger partial charge < -0.3 is 9.64 Å². The van der Waals surface area contributed by atoms with Gasteiger partial charge in [0.05, 0.1) is 22.8 Å². The van der Waals surface area contributed by atoms with E-state index in [2.05, 4.69) is 37.6 Å². The predicted molar refractivity (Wildman–Crippen MR) is 73.8 cm³/mol. The van der Waals surface area contributed by atoms with Crippen LogP contribution in [-0.4, -0.2) is 36.6 Å². The molecule has 1 aliphatic rings. The fourth-order valence-electron chi connectivity index (χ4n) is 2.30. The van der Waals surface area contributed by atoms with Crippen molar-refractivity contribution >= 4 is 22.8 Å². The summed E-state index contributed by atoms with van der Waals surface area (Å²) in [7, 11) is 0. The average molecular weight is 268 g/mol. The molecule has 0 saturated carbocycles. The number of ether oxygens (including phenoxy) is 1. The second kappa shape index (κ2) is 5.36. The molecule has 5 heteroatoms. The number of hydrogen-bond acceptors (Lipinski definition) is 5. The van der Waals surface area contributed by atoms with Gasteiger partial charge in [-0.25, -0.2) is 4.98 Å². The molecule has 1 saturated heterocycles. The normalized spacial score (nSPS) is 24.6. The highest BCUT2D eigenvalue weighted by atomic mass is 32.1. The molecule has 100 valence electrons. The third-order valence-corrected chi connectivity index (χ3v) is 4.07. The Bertz CT molecular complexity index is 421. The van der Waals surface area contributed by atoms with E-state index in [0.717, 1.165) is 35.1 Å². The molecule has 2 atom stereocenters. The Morgan fingerprint density at radius 3 is 2.44 bits per heavy atom. The van der Waals surface area contributed by atoms with Gasteiger partial charge in [0.25, 0.3) is 0 Å². The standard InChI is InChI=1S/C13H20N2O2S/c1-8(2)12-11(7-16)18-13(14-12)15-5-9(3)17-10(4)6-15/h7-10H,5-6H2,1-4H3. The maximum atomic E-state index is 11.1. The predicted octanol–water partition coefficient (Wildman–Crippen LogP) is 2.69. The maximum absolute atomic E-state index is 11.1. The number of nitrogens with zero attached hydrogens (tertiary/aromatic N) is 2. The summed E-state index contributed by atoms with van der Waals surface area (Å²) in [4.78, 5) is 18.7. The highest BCUT2D eigenvalue weighted by Crippen LogP contribution is 2.31. The van der Waals surface area contributed by atoms with Gasteiger partial charge in [-0.1, -0.05) is 25.2 Å². The summed E-state index contributed by atoms with van der Waals surface area (Å²) in [5.41, 5.74) is 0.914. The van der Waals surface area contributed by atoms with Crippen LogP contribution in [-0.2, 0) is 4.74 Å². The Morgan fingerprint density at radius 1 is 1.39 bits per heavy atom. The number of carbonyl (C=O) groups is 1. The Labute approximate surface area is 112 Å². The van der Waals surface area contributed by atoms with Crippen LogP contribution in [0, 0.1) is 0 Å². The van der Waals surface area contributed by atoms with Crippen molar-refractivity contribution in [3.8, 4) is 0 Å². The minimum absolute atomic E-state index is 0.208. The van der Waals surface area contributed by atoms with Crippen molar-refractivity contribution in [1.29, 1.82) is 0 Å². The van der Waals surface area contributed by atoms with Gasteiger partial charge >= 0.3 is 0 Å². The number of rotatable bonds is 3. The maximum Gasteiger partial charge on any atom is 0.186 e. The summed E-state index contributed by atoms with van der Waals surface area (Å²) in [6.45, 7) is 9.95. The molecule has 0 aromatic carbocycles. The van der Waals surface area contributed by atoms with Crippen LogP contribution in [0.4, 0.5) is 5.13 Å². The molecular weight excluding hydrogens is 248 g/mol. The summed E-state index contributed by atoms with van der Waals surface area (Å²) < 4.78 is 5.71. The fraction of sp³-hybridized carbons (Fsp3) is 0.692.